The molecule has 6 nitrogen and oxygen atoms in total. The fourth-order valence-corrected chi connectivity index (χ4v) is 3.38. The average molecular weight is 558 g/mol. The number of alkyl halides is 3. The Hall–Kier alpha value is -1.11. The van der Waals surface area contributed by atoms with Crippen LogP contribution in [0.2, 0.25) is 0 Å². The molecule has 1 aromatic carbocycles. The fourth-order valence-electron chi connectivity index (χ4n) is 3.38. The number of methoxy groups -OCH3 is 1. The minimum atomic E-state index is -4.30. The summed E-state index contributed by atoms with van der Waals surface area (Å²) >= 11 is 0. The van der Waals surface area contributed by atoms with E-state index in [4.69, 9.17) is 4.74 Å². The van der Waals surface area contributed by atoms with Crippen molar-refractivity contribution in [2.24, 2.45) is 4.99 Å². The summed E-state index contributed by atoms with van der Waals surface area (Å²) in [7, 11) is 1.72. The normalized spacial score (nSPS) is 17.5. The molecule has 2 N–H and O–H groups in total. The molecule has 1 unspecified atom stereocenters. The van der Waals surface area contributed by atoms with Gasteiger partial charge in [0.15, 0.2) is 5.96 Å². The van der Waals surface area contributed by atoms with Gasteiger partial charge in [0.1, 0.15) is 6.61 Å². The van der Waals surface area contributed by atoms with Gasteiger partial charge in [-0.15, -0.1) is 24.0 Å². The van der Waals surface area contributed by atoms with Crippen molar-refractivity contribution >= 4 is 29.9 Å². The quantitative estimate of drug-likeness (QED) is 0.247. The number of benzene rings is 1. The Bertz CT molecular complexity index is 645. The zero-order valence-electron chi connectivity index (χ0n) is 18.2. The van der Waals surface area contributed by atoms with E-state index in [0.29, 0.717) is 18.2 Å². The van der Waals surface area contributed by atoms with Crippen LogP contribution in [0.1, 0.15) is 30.9 Å². The first-order chi connectivity index (χ1) is 14.4. The lowest BCUT2D eigenvalue weighted by atomic mass is 10.1. The molecule has 0 spiro atoms. The van der Waals surface area contributed by atoms with Crippen LogP contribution < -0.4 is 10.6 Å². The second kappa shape index (κ2) is 14.9. The molecule has 0 amide bonds. The number of nitrogens with one attached hydrogen (secondary N) is 2. The fraction of sp³-hybridized carbons (Fsp3) is 0.667. The molecule has 1 fully saturated rings. The van der Waals surface area contributed by atoms with Crippen LogP contribution in [0.5, 0.6) is 0 Å². The molecule has 2 rings (SSSR count). The molecule has 31 heavy (non-hydrogen) atoms. The molecule has 0 aromatic heterocycles. The minimum Gasteiger partial charge on any atom is -0.383 e. The molecule has 10 heteroatoms. The summed E-state index contributed by atoms with van der Waals surface area (Å²) in [6.45, 7) is 5.57. The van der Waals surface area contributed by atoms with Crippen LogP contribution in [-0.4, -0.2) is 69.6 Å². The zero-order chi connectivity index (χ0) is 21.8. The maximum Gasteiger partial charge on any atom is 0.411 e. The second-order valence-electron chi connectivity index (χ2n) is 7.33. The van der Waals surface area contributed by atoms with Crippen molar-refractivity contribution in [3.05, 3.63) is 35.4 Å². The van der Waals surface area contributed by atoms with Crippen LogP contribution in [0.15, 0.2) is 29.3 Å². The number of aliphatic imine (C=N–C) groups is 1. The van der Waals surface area contributed by atoms with Gasteiger partial charge < -0.3 is 20.1 Å². The Morgan fingerprint density at radius 3 is 2.55 bits per heavy atom. The van der Waals surface area contributed by atoms with E-state index in [1.807, 2.05) is 19.1 Å². The predicted octanol–water partition coefficient (Wildman–Crippen LogP) is 3.55. The third kappa shape index (κ3) is 11.4. The number of rotatable bonds is 11. The molecule has 0 radical (unpaired) electrons. The van der Waals surface area contributed by atoms with E-state index in [9.17, 15) is 13.2 Å². The van der Waals surface area contributed by atoms with Crippen LogP contribution in [0.25, 0.3) is 0 Å². The van der Waals surface area contributed by atoms with E-state index in [1.165, 1.54) is 6.42 Å². The van der Waals surface area contributed by atoms with Crippen molar-refractivity contribution in [2.45, 2.75) is 45.1 Å². The Labute approximate surface area is 200 Å². The standard InChI is InChI=1S/C21H33F3N4O2.HI/c1-3-25-20(27-14-19-5-4-10-28(19)11-12-29-2)26-13-17-6-8-18(9-7-17)15-30-16-21(22,23)24;/h6-9,19H,3-5,10-16H2,1-2H3,(H2,25,26,27);1H. The average Bonchev–Trinajstić information content (AvgIpc) is 3.16. The van der Waals surface area contributed by atoms with Crippen molar-refractivity contribution in [2.75, 3.05) is 46.5 Å². The maximum absolute atomic E-state index is 12.1. The summed E-state index contributed by atoms with van der Waals surface area (Å²) in [5, 5.41) is 6.68. The lowest BCUT2D eigenvalue weighted by Crippen LogP contribution is -2.45. The van der Waals surface area contributed by atoms with Gasteiger partial charge in [-0.25, -0.2) is 4.99 Å². The van der Waals surface area contributed by atoms with E-state index in [2.05, 4.69) is 25.3 Å². The van der Waals surface area contributed by atoms with Gasteiger partial charge in [-0.2, -0.15) is 13.2 Å². The lowest BCUT2D eigenvalue weighted by Gasteiger charge is -2.25. The molecular weight excluding hydrogens is 524 g/mol. The zero-order valence-corrected chi connectivity index (χ0v) is 20.5. The van der Waals surface area contributed by atoms with Gasteiger partial charge in [0.2, 0.25) is 0 Å². The van der Waals surface area contributed by atoms with Crippen LogP contribution in [0.4, 0.5) is 13.2 Å². The summed E-state index contributed by atoms with van der Waals surface area (Å²) in [5.74, 6) is 0.758. The molecule has 1 aliphatic rings. The highest BCUT2D eigenvalue weighted by Crippen LogP contribution is 2.17. The third-order valence-electron chi connectivity index (χ3n) is 4.91. The number of hydrogen-bond donors (Lipinski definition) is 2. The lowest BCUT2D eigenvalue weighted by molar-refractivity contribution is -0.176. The van der Waals surface area contributed by atoms with Crippen LogP contribution in [0, 0.1) is 0 Å². The number of guanidine groups is 1. The summed E-state index contributed by atoms with van der Waals surface area (Å²) in [5.41, 5.74) is 1.68. The van der Waals surface area contributed by atoms with Crippen LogP contribution in [0.3, 0.4) is 0 Å². The molecule has 1 aromatic rings. The number of ether oxygens (including phenoxy) is 2. The Balaban J connectivity index is 0.00000480. The van der Waals surface area contributed by atoms with Crippen molar-refractivity contribution < 1.29 is 22.6 Å². The van der Waals surface area contributed by atoms with Gasteiger partial charge in [-0.3, -0.25) is 4.90 Å². The SMILES string of the molecule is CCNC(=NCc1ccc(COCC(F)(F)F)cc1)NCC1CCCN1CCOC.I. The van der Waals surface area contributed by atoms with Crippen LogP contribution in [-0.2, 0) is 22.6 Å². The summed E-state index contributed by atoms with van der Waals surface area (Å²) < 4.78 is 46.3. The highest BCUT2D eigenvalue weighted by Gasteiger charge is 2.27. The first kappa shape index (κ1) is 27.9. The van der Waals surface area contributed by atoms with E-state index in [1.54, 1.807) is 19.2 Å². The van der Waals surface area contributed by atoms with Gasteiger partial charge in [-0.1, -0.05) is 24.3 Å². The van der Waals surface area contributed by atoms with Gasteiger partial charge in [0, 0.05) is 32.8 Å². The molecule has 0 saturated carbocycles. The summed E-state index contributed by atoms with van der Waals surface area (Å²) in [6, 6.07) is 7.74. The van der Waals surface area contributed by atoms with Crippen molar-refractivity contribution in [1.82, 2.24) is 15.5 Å². The van der Waals surface area contributed by atoms with Crippen molar-refractivity contribution in [3.63, 3.8) is 0 Å². The second-order valence-corrected chi connectivity index (χ2v) is 7.33. The first-order valence-corrected chi connectivity index (χ1v) is 10.4. The summed E-state index contributed by atoms with van der Waals surface area (Å²) in [6.07, 6.45) is -1.94. The van der Waals surface area contributed by atoms with Crippen molar-refractivity contribution in [1.29, 1.82) is 0 Å². The van der Waals surface area contributed by atoms with E-state index >= 15 is 0 Å². The molecule has 1 aliphatic heterocycles. The molecule has 1 saturated heterocycles. The maximum atomic E-state index is 12.1. The highest BCUT2D eigenvalue weighted by atomic mass is 127. The molecule has 178 valence electrons. The molecule has 1 atom stereocenters. The predicted molar refractivity (Wildman–Crippen MR) is 127 cm³/mol. The molecule has 1 heterocycles. The number of halogens is 4. The van der Waals surface area contributed by atoms with Gasteiger partial charge in [0.25, 0.3) is 0 Å². The van der Waals surface area contributed by atoms with E-state index in [0.717, 1.165) is 50.7 Å². The van der Waals surface area contributed by atoms with E-state index in [-0.39, 0.29) is 30.6 Å². The monoisotopic (exact) mass is 558 g/mol. The number of nitrogens with zero attached hydrogens (tertiary/aromatic N) is 2. The van der Waals surface area contributed by atoms with Gasteiger partial charge in [0.05, 0.1) is 19.8 Å². The Morgan fingerprint density at radius 1 is 1.19 bits per heavy atom. The molecule has 0 bridgehead atoms. The minimum absolute atomic E-state index is 0. The van der Waals surface area contributed by atoms with Gasteiger partial charge in [-0.05, 0) is 37.4 Å². The van der Waals surface area contributed by atoms with Crippen molar-refractivity contribution in [3.8, 4) is 0 Å². The summed E-state index contributed by atoms with van der Waals surface area (Å²) in [4.78, 5) is 7.07. The smallest absolute Gasteiger partial charge is 0.383 e. The van der Waals surface area contributed by atoms with Crippen LogP contribution >= 0.6 is 24.0 Å². The Morgan fingerprint density at radius 2 is 1.90 bits per heavy atom. The Kier molecular flexibility index (Phi) is 13.4. The number of likely N-dealkylation sites (tertiary alicyclic amines) is 1. The topological polar surface area (TPSA) is 58.1 Å². The van der Waals surface area contributed by atoms with Gasteiger partial charge >= 0.3 is 6.18 Å². The largest absolute Gasteiger partial charge is 0.411 e. The van der Waals surface area contributed by atoms with E-state index < -0.39 is 12.8 Å². The first-order valence-electron chi connectivity index (χ1n) is 10.4. The third-order valence-corrected chi connectivity index (χ3v) is 4.91. The highest BCUT2D eigenvalue weighted by molar-refractivity contribution is 14.0. The number of hydrogen-bond acceptors (Lipinski definition) is 4. The molecule has 0 aliphatic carbocycles. The molecular formula is C21H34F3IN4O2.